The molecule has 1 amide bonds. The molecule has 2 aromatic carbocycles. The Kier molecular flexibility index (Phi) is 4.57. The molecule has 0 saturated heterocycles. The predicted octanol–water partition coefficient (Wildman–Crippen LogP) is 2.59. The molecule has 0 atom stereocenters. The van der Waals surface area contributed by atoms with Gasteiger partial charge in [-0.3, -0.25) is 4.79 Å². The lowest BCUT2D eigenvalue weighted by Crippen LogP contribution is -2.20. The van der Waals surface area contributed by atoms with Crippen molar-refractivity contribution >= 4 is 17.3 Å². The van der Waals surface area contributed by atoms with Crippen LogP contribution in [-0.4, -0.2) is 26.1 Å². The maximum atomic E-state index is 12.9. The normalized spacial score (nSPS) is 11.3. The minimum absolute atomic E-state index is 0.210. The minimum atomic E-state index is -4.43. The van der Waals surface area contributed by atoms with Crippen molar-refractivity contribution in [1.29, 1.82) is 0 Å². The molecule has 3 rings (SSSR count). The first kappa shape index (κ1) is 17.4. The molecule has 0 unspecified atom stereocenters. The van der Waals surface area contributed by atoms with Crippen LogP contribution in [0.3, 0.4) is 0 Å². The van der Waals surface area contributed by atoms with E-state index in [1.807, 2.05) is 0 Å². The quantitative estimate of drug-likeness (QED) is 0.727. The maximum absolute atomic E-state index is 12.9. The number of anilines is 2. The number of carbonyl (C=O) groups is 1. The van der Waals surface area contributed by atoms with E-state index in [1.165, 1.54) is 12.1 Å². The Hall–Kier alpha value is -3.43. The number of nitrogens with one attached hydrogen (secondary N) is 1. The highest BCUT2D eigenvalue weighted by Crippen LogP contribution is 2.33. The van der Waals surface area contributed by atoms with E-state index < -0.39 is 17.6 Å². The van der Waals surface area contributed by atoms with Gasteiger partial charge in [0.1, 0.15) is 6.54 Å². The lowest BCUT2D eigenvalue weighted by atomic mass is 10.1. The molecule has 0 radical (unpaired) electrons. The summed E-state index contributed by atoms with van der Waals surface area (Å²) >= 11 is 0. The zero-order chi connectivity index (χ0) is 18.7. The van der Waals surface area contributed by atoms with Crippen molar-refractivity contribution in [3.8, 4) is 11.4 Å². The Bertz CT molecular complexity index is 937. The average molecular weight is 362 g/mol. The zero-order valence-corrected chi connectivity index (χ0v) is 13.2. The van der Waals surface area contributed by atoms with Crippen LogP contribution in [0.1, 0.15) is 5.56 Å². The number of amides is 1. The second-order valence-electron chi connectivity index (χ2n) is 5.36. The molecule has 3 aromatic rings. The summed E-state index contributed by atoms with van der Waals surface area (Å²) in [4.78, 5) is 12.0. The molecule has 0 saturated carbocycles. The molecule has 0 spiro atoms. The molecule has 1 aromatic heterocycles. The molecule has 0 fully saturated rings. The number of nitrogens with zero attached hydrogens (tertiary/aromatic N) is 4. The van der Waals surface area contributed by atoms with Gasteiger partial charge in [-0.15, -0.1) is 10.2 Å². The van der Waals surface area contributed by atoms with Crippen molar-refractivity contribution in [2.45, 2.75) is 12.7 Å². The highest BCUT2D eigenvalue weighted by molar-refractivity contribution is 5.77. The summed E-state index contributed by atoms with van der Waals surface area (Å²) in [6.45, 7) is -0.226. The second kappa shape index (κ2) is 6.82. The number of hydrogen-bond donors (Lipinski definition) is 2. The van der Waals surface area contributed by atoms with Crippen LogP contribution in [0.25, 0.3) is 11.4 Å². The molecule has 3 N–H and O–H groups in total. The molecule has 0 aliphatic carbocycles. The third kappa shape index (κ3) is 3.97. The standard InChI is InChI=1S/C16H13F3N6O/c17-16(18,19)10-4-3-5-11(8-10)21-13-7-2-1-6-12(13)15-22-24-25(23-15)9-14(20)26/h1-8,21H,9H2,(H2,20,26). The van der Waals surface area contributed by atoms with Crippen molar-refractivity contribution < 1.29 is 18.0 Å². The molecule has 0 aliphatic heterocycles. The molecule has 26 heavy (non-hydrogen) atoms. The van der Waals surface area contributed by atoms with E-state index in [1.54, 1.807) is 24.3 Å². The summed E-state index contributed by atoms with van der Waals surface area (Å²) in [6.07, 6.45) is -4.43. The van der Waals surface area contributed by atoms with Crippen LogP contribution in [0.15, 0.2) is 48.5 Å². The number of carbonyl (C=O) groups excluding carboxylic acids is 1. The van der Waals surface area contributed by atoms with Gasteiger partial charge in [0.05, 0.1) is 5.56 Å². The van der Waals surface area contributed by atoms with E-state index in [-0.39, 0.29) is 18.1 Å². The third-order valence-electron chi connectivity index (χ3n) is 3.39. The highest BCUT2D eigenvalue weighted by atomic mass is 19.4. The fourth-order valence-electron chi connectivity index (χ4n) is 2.27. The number of benzene rings is 2. The van der Waals surface area contributed by atoms with Gasteiger partial charge in [-0.25, -0.2) is 0 Å². The Labute approximate surface area is 145 Å². The highest BCUT2D eigenvalue weighted by Gasteiger charge is 2.30. The fraction of sp³-hybridized carbons (Fsp3) is 0.125. The topological polar surface area (TPSA) is 98.7 Å². The molecule has 0 bridgehead atoms. The predicted molar refractivity (Wildman–Crippen MR) is 87.2 cm³/mol. The van der Waals surface area contributed by atoms with Crippen LogP contribution in [0.4, 0.5) is 24.5 Å². The van der Waals surface area contributed by atoms with Gasteiger partial charge >= 0.3 is 6.18 Å². The minimum Gasteiger partial charge on any atom is -0.368 e. The van der Waals surface area contributed by atoms with Crippen LogP contribution >= 0.6 is 0 Å². The summed E-state index contributed by atoms with van der Waals surface area (Å²) in [6, 6.07) is 11.6. The number of para-hydroxylation sites is 1. The van der Waals surface area contributed by atoms with E-state index in [0.29, 0.717) is 11.3 Å². The van der Waals surface area contributed by atoms with Gasteiger partial charge in [-0.2, -0.15) is 18.0 Å². The SMILES string of the molecule is NC(=O)Cn1nnc(-c2ccccc2Nc2cccc(C(F)(F)F)c2)n1. The summed E-state index contributed by atoms with van der Waals surface area (Å²) < 4.78 is 38.6. The van der Waals surface area contributed by atoms with Crippen molar-refractivity contribution in [2.24, 2.45) is 5.73 Å². The molecule has 134 valence electrons. The largest absolute Gasteiger partial charge is 0.416 e. The van der Waals surface area contributed by atoms with Gasteiger partial charge in [0.25, 0.3) is 0 Å². The van der Waals surface area contributed by atoms with Crippen molar-refractivity contribution in [1.82, 2.24) is 20.2 Å². The van der Waals surface area contributed by atoms with E-state index >= 15 is 0 Å². The third-order valence-corrected chi connectivity index (χ3v) is 3.39. The van der Waals surface area contributed by atoms with Gasteiger partial charge in [-0.1, -0.05) is 18.2 Å². The van der Waals surface area contributed by atoms with Crippen LogP contribution in [0, 0.1) is 0 Å². The van der Waals surface area contributed by atoms with E-state index in [4.69, 9.17) is 5.73 Å². The zero-order valence-electron chi connectivity index (χ0n) is 13.2. The summed E-state index contributed by atoms with van der Waals surface area (Å²) in [5, 5.41) is 14.6. The molecule has 1 heterocycles. The first-order valence-electron chi connectivity index (χ1n) is 7.43. The van der Waals surface area contributed by atoms with Gasteiger partial charge in [0, 0.05) is 16.9 Å². The molecule has 0 aliphatic rings. The maximum Gasteiger partial charge on any atom is 0.416 e. The van der Waals surface area contributed by atoms with Gasteiger partial charge in [0.2, 0.25) is 11.7 Å². The Morgan fingerprint density at radius 1 is 1.15 bits per heavy atom. The van der Waals surface area contributed by atoms with Gasteiger partial charge < -0.3 is 11.1 Å². The second-order valence-corrected chi connectivity index (χ2v) is 5.36. The number of primary amides is 1. The fourth-order valence-corrected chi connectivity index (χ4v) is 2.27. The van der Waals surface area contributed by atoms with E-state index in [0.717, 1.165) is 16.9 Å². The van der Waals surface area contributed by atoms with E-state index in [2.05, 4.69) is 20.7 Å². The first-order chi connectivity index (χ1) is 12.3. The first-order valence-corrected chi connectivity index (χ1v) is 7.43. The van der Waals surface area contributed by atoms with Crippen LogP contribution < -0.4 is 11.1 Å². The van der Waals surface area contributed by atoms with Gasteiger partial charge in [-0.05, 0) is 35.5 Å². The number of aromatic nitrogens is 4. The smallest absolute Gasteiger partial charge is 0.368 e. The number of rotatable bonds is 5. The number of alkyl halides is 3. The van der Waals surface area contributed by atoms with Crippen LogP contribution in [0.5, 0.6) is 0 Å². The molecule has 7 nitrogen and oxygen atoms in total. The molecular weight excluding hydrogens is 349 g/mol. The van der Waals surface area contributed by atoms with Gasteiger partial charge in [0.15, 0.2) is 0 Å². The lowest BCUT2D eigenvalue weighted by molar-refractivity contribution is -0.137. The average Bonchev–Trinajstić information content (AvgIpc) is 3.02. The van der Waals surface area contributed by atoms with Crippen LogP contribution in [-0.2, 0) is 17.5 Å². The number of nitrogens with two attached hydrogens (primary N) is 1. The summed E-state index contributed by atoms with van der Waals surface area (Å²) in [5.41, 5.74) is 5.59. The van der Waals surface area contributed by atoms with Crippen molar-refractivity contribution in [3.63, 3.8) is 0 Å². The number of hydrogen-bond acceptors (Lipinski definition) is 5. The van der Waals surface area contributed by atoms with Crippen LogP contribution in [0.2, 0.25) is 0 Å². The Morgan fingerprint density at radius 2 is 1.92 bits per heavy atom. The van der Waals surface area contributed by atoms with Crippen molar-refractivity contribution in [2.75, 3.05) is 5.32 Å². The molecular formula is C16H13F3N6O. The number of halogens is 3. The Balaban J connectivity index is 1.91. The van der Waals surface area contributed by atoms with E-state index in [9.17, 15) is 18.0 Å². The summed E-state index contributed by atoms with van der Waals surface area (Å²) in [7, 11) is 0. The van der Waals surface area contributed by atoms with Crippen molar-refractivity contribution in [3.05, 3.63) is 54.1 Å². The lowest BCUT2D eigenvalue weighted by Gasteiger charge is -2.12. The number of tetrazole rings is 1. The molecule has 10 heteroatoms. The summed E-state index contributed by atoms with van der Waals surface area (Å²) in [5.74, 6) is -0.411. The Morgan fingerprint density at radius 3 is 2.65 bits per heavy atom. The monoisotopic (exact) mass is 362 g/mol.